The minimum atomic E-state index is -4.87. The van der Waals surface area contributed by atoms with E-state index >= 15 is 0 Å². The second-order valence-corrected chi connectivity index (χ2v) is 8.57. The van der Waals surface area contributed by atoms with Crippen LogP contribution in [0.2, 0.25) is 0 Å². The summed E-state index contributed by atoms with van der Waals surface area (Å²) < 4.78 is 80.4. The first kappa shape index (κ1) is 26.8. The lowest BCUT2D eigenvalue weighted by molar-refractivity contribution is -0.140. The Hall–Kier alpha value is -4.22. The summed E-state index contributed by atoms with van der Waals surface area (Å²) in [5.41, 5.74) is -3.03. The van der Waals surface area contributed by atoms with Gasteiger partial charge in [0.05, 0.1) is 34.7 Å². The van der Waals surface area contributed by atoms with Crippen LogP contribution in [0.25, 0.3) is 0 Å². The molecule has 0 spiro atoms. The predicted octanol–water partition coefficient (Wildman–Crippen LogP) is 4.61. The maximum Gasteiger partial charge on any atom is 0.418 e. The molecule has 198 valence electrons. The van der Waals surface area contributed by atoms with Crippen LogP contribution in [0.4, 0.5) is 26.3 Å². The van der Waals surface area contributed by atoms with Crippen LogP contribution in [-0.2, 0) is 26.7 Å². The summed E-state index contributed by atoms with van der Waals surface area (Å²) in [5, 5.41) is 2.40. The third-order valence-corrected chi connectivity index (χ3v) is 6.17. The van der Waals surface area contributed by atoms with Crippen molar-refractivity contribution in [3.8, 4) is 0 Å². The number of halogens is 6. The van der Waals surface area contributed by atoms with Crippen LogP contribution in [-0.4, -0.2) is 34.2 Å². The summed E-state index contributed by atoms with van der Waals surface area (Å²) in [4.78, 5) is 43.1. The van der Waals surface area contributed by atoms with Gasteiger partial charge in [-0.15, -0.1) is 6.58 Å². The van der Waals surface area contributed by atoms with Crippen LogP contribution in [0.1, 0.15) is 28.4 Å². The van der Waals surface area contributed by atoms with Gasteiger partial charge in [0.2, 0.25) is 11.8 Å². The molecule has 4 rings (SSSR count). The largest absolute Gasteiger partial charge is 0.418 e. The number of carbonyl (C=O) groups excluding carboxylic acids is 3. The Labute approximate surface area is 212 Å². The summed E-state index contributed by atoms with van der Waals surface area (Å²) in [5.74, 6) is -3.77. The zero-order valence-electron chi connectivity index (χ0n) is 19.4. The Balaban J connectivity index is 1.70. The number of nitrogens with one attached hydrogen (secondary N) is 1. The van der Waals surface area contributed by atoms with Crippen molar-refractivity contribution in [2.45, 2.75) is 18.4 Å². The van der Waals surface area contributed by atoms with E-state index in [4.69, 9.17) is 0 Å². The van der Waals surface area contributed by atoms with Crippen molar-refractivity contribution in [3.63, 3.8) is 0 Å². The fourth-order valence-corrected chi connectivity index (χ4v) is 4.35. The summed E-state index contributed by atoms with van der Waals surface area (Å²) in [6.07, 6.45) is -3.25. The number of benzene rings is 1. The number of hydrogen-bond donors (Lipinski definition) is 1. The van der Waals surface area contributed by atoms with Gasteiger partial charge in [-0.1, -0.05) is 36.4 Å². The van der Waals surface area contributed by atoms with Crippen LogP contribution < -0.4 is 5.32 Å². The molecule has 1 aliphatic heterocycles. The quantitative estimate of drug-likeness (QED) is 0.333. The van der Waals surface area contributed by atoms with Crippen molar-refractivity contribution >= 4 is 17.7 Å². The van der Waals surface area contributed by atoms with Crippen molar-refractivity contribution in [1.29, 1.82) is 0 Å². The molecule has 0 bridgehead atoms. The van der Waals surface area contributed by atoms with E-state index in [1.807, 2.05) is 0 Å². The van der Waals surface area contributed by atoms with Crippen LogP contribution in [0.15, 0.2) is 79.1 Å². The van der Waals surface area contributed by atoms with Crippen molar-refractivity contribution in [3.05, 3.63) is 101 Å². The fourth-order valence-electron chi connectivity index (χ4n) is 4.35. The Bertz CT molecular complexity index is 1350. The molecule has 3 atom stereocenters. The standard InChI is InChI=1S/C26H19F6N3O3/c1-2-12-35-23(37)17-10-7-15(13-18(17)24(35)38)22(36)34-20(14-5-8-16(9-6-14)25(27,28)29)21-19(26(30,31)32)4-3-11-33-21/h2-11,13,17-18,20H,1,12H2,(H,34,36)/t17?,18?,20-/m0/s1. The molecule has 3 amide bonds. The molecular formula is C26H19F6N3O3. The highest BCUT2D eigenvalue weighted by Gasteiger charge is 2.46. The van der Waals surface area contributed by atoms with Gasteiger partial charge >= 0.3 is 12.4 Å². The van der Waals surface area contributed by atoms with E-state index in [0.29, 0.717) is 12.1 Å². The molecule has 1 aliphatic carbocycles. The molecule has 1 saturated heterocycles. The lowest BCUT2D eigenvalue weighted by atomic mass is 9.87. The van der Waals surface area contributed by atoms with E-state index in [1.54, 1.807) is 0 Å². The summed E-state index contributed by atoms with van der Waals surface area (Å²) >= 11 is 0. The molecular weight excluding hydrogens is 516 g/mol. The highest BCUT2D eigenvalue weighted by atomic mass is 19.4. The predicted molar refractivity (Wildman–Crippen MR) is 122 cm³/mol. The molecule has 2 heterocycles. The van der Waals surface area contributed by atoms with E-state index in [9.17, 15) is 40.7 Å². The number of pyridine rings is 1. The van der Waals surface area contributed by atoms with Crippen LogP contribution >= 0.6 is 0 Å². The molecule has 38 heavy (non-hydrogen) atoms. The summed E-state index contributed by atoms with van der Waals surface area (Å²) in [6.45, 7) is 3.47. The van der Waals surface area contributed by atoms with Gasteiger partial charge in [0.1, 0.15) is 0 Å². The lowest BCUT2D eigenvalue weighted by Gasteiger charge is -2.24. The van der Waals surface area contributed by atoms with Crippen molar-refractivity contribution in [1.82, 2.24) is 15.2 Å². The van der Waals surface area contributed by atoms with Crippen molar-refractivity contribution in [2.24, 2.45) is 11.8 Å². The van der Waals surface area contributed by atoms with Gasteiger partial charge < -0.3 is 5.32 Å². The number of carbonyl (C=O) groups is 3. The molecule has 1 N–H and O–H groups in total. The van der Waals surface area contributed by atoms with Gasteiger partial charge in [0.25, 0.3) is 5.91 Å². The van der Waals surface area contributed by atoms with Gasteiger partial charge in [0.15, 0.2) is 0 Å². The number of imide groups is 1. The van der Waals surface area contributed by atoms with Gasteiger partial charge in [0, 0.05) is 18.3 Å². The van der Waals surface area contributed by atoms with E-state index in [1.165, 1.54) is 24.3 Å². The number of fused-ring (bicyclic) bond motifs is 1. The molecule has 1 fully saturated rings. The smallest absolute Gasteiger partial charge is 0.340 e. The first-order chi connectivity index (χ1) is 17.8. The Kier molecular flexibility index (Phi) is 7.00. The number of alkyl halides is 6. The SMILES string of the molecule is C=CCN1C(=O)C2C=CC(C(=O)N[C@@H](c3ccc(C(F)(F)F)cc3)c3ncccc3C(F)(F)F)=CC2C1=O. The molecule has 0 radical (unpaired) electrons. The minimum absolute atomic E-state index is 0.0240. The van der Waals surface area contributed by atoms with E-state index in [2.05, 4.69) is 16.9 Å². The zero-order chi connectivity index (χ0) is 27.8. The van der Waals surface area contributed by atoms with E-state index < -0.39 is 64.8 Å². The second kappa shape index (κ2) is 9.92. The molecule has 12 heteroatoms. The maximum atomic E-state index is 13.8. The van der Waals surface area contributed by atoms with Crippen LogP contribution in [0, 0.1) is 11.8 Å². The molecule has 2 unspecified atom stereocenters. The Morgan fingerprint density at radius 1 is 1.03 bits per heavy atom. The van der Waals surface area contributed by atoms with Gasteiger partial charge in [-0.25, -0.2) is 0 Å². The van der Waals surface area contributed by atoms with E-state index in [0.717, 1.165) is 35.4 Å². The number of aromatic nitrogens is 1. The zero-order valence-corrected chi connectivity index (χ0v) is 19.4. The monoisotopic (exact) mass is 535 g/mol. The summed E-state index contributed by atoms with van der Waals surface area (Å²) in [6, 6.07) is 3.48. The first-order valence-corrected chi connectivity index (χ1v) is 11.2. The average molecular weight is 535 g/mol. The normalized spacial score (nSPS) is 20.2. The van der Waals surface area contributed by atoms with Crippen LogP contribution in [0.3, 0.4) is 0 Å². The van der Waals surface area contributed by atoms with Gasteiger partial charge in [-0.2, -0.15) is 26.3 Å². The molecule has 1 aromatic carbocycles. The van der Waals surface area contributed by atoms with E-state index in [-0.39, 0.29) is 17.7 Å². The molecule has 0 saturated carbocycles. The maximum absolute atomic E-state index is 13.8. The molecule has 2 aromatic rings. The second-order valence-electron chi connectivity index (χ2n) is 8.57. The molecule has 2 aliphatic rings. The first-order valence-electron chi connectivity index (χ1n) is 11.2. The number of likely N-dealkylation sites (tertiary alicyclic amines) is 1. The molecule has 1 aromatic heterocycles. The number of hydrogen-bond acceptors (Lipinski definition) is 4. The van der Waals surface area contributed by atoms with Crippen LogP contribution in [0.5, 0.6) is 0 Å². The molecule has 6 nitrogen and oxygen atoms in total. The van der Waals surface area contributed by atoms with Crippen molar-refractivity contribution < 1.29 is 40.7 Å². The lowest BCUT2D eigenvalue weighted by Crippen LogP contribution is -2.33. The average Bonchev–Trinajstić information content (AvgIpc) is 3.11. The Morgan fingerprint density at radius 3 is 2.29 bits per heavy atom. The number of amides is 3. The number of rotatable bonds is 6. The minimum Gasteiger partial charge on any atom is -0.340 e. The highest BCUT2D eigenvalue weighted by Crippen LogP contribution is 2.37. The third kappa shape index (κ3) is 5.11. The number of nitrogens with zero attached hydrogens (tertiary/aromatic N) is 2. The van der Waals surface area contributed by atoms with Gasteiger partial charge in [-0.05, 0) is 29.8 Å². The fraction of sp³-hybridized carbons (Fsp3) is 0.231. The Morgan fingerprint density at radius 2 is 1.68 bits per heavy atom. The summed E-state index contributed by atoms with van der Waals surface area (Å²) in [7, 11) is 0. The van der Waals surface area contributed by atoms with Gasteiger partial charge in [-0.3, -0.25) is 24.3 Å². The third-order valence-electron chi connectivity index (χ3n) is 6.17. The topological polar surface area (TPSA) is 79.4 Å². The van der Waals surface area contributed by atoms with Crippen molar-refractivity contribution in [2.75, 3.05) is 6.54 Å². The highest BCUT2D eigenvalue weighted by molar-refractivity contribution is 6.09.